The van der Waals surface area contributed by atoms with E-state index in [1.54, 1.807) is 7.11 Å². The summed E-state index contributed by atoms with van der Waals surface area (Å²) < 4.78 is 5.15. The van der Waals surface area contributed by atoms with E-state index >= 15 is 0 Å². The van der Waals surface area contributed by atoms with E-state index in [9.17, 15) is 0 Å². The van der Waals surface area contributed by atoms with E-state index < -0.39 is 0 Å². The summed E-state index contributed by atoms with van der Waals surface area (Å²) in [6, 6.07) is 7.69. The summed E-state index contributed by atoms with van der Waals surface area (Å²) in [6.45, 7) is 1.90. The first-order valence-electron chi connectivity index (χ1n) is 3.84. The largest absolute Gasteiger partial charge is 0.496 e. The quantitative estimate of drug-likeness (QED) is 0.723. The summed E-state index contributed by atoms with van der Waals surface area (Å²) >= 11 is 0. The molecule has 0 atom stereocenters. The molecule has 1 aromatic carbocycles. The van der Waals surface area contributed by atoms with Crippen LogP contribution in [0.5, 0.6) is 5.75 Å². The average molecular weight is 163 g/mol. The van der Waals surface area contributed by atoms with E-state index in [0.29, 0.717) is 0 Å². The minimum atomic E-state index is 0.743. The van der Waals surface area contributed by atoms with Gasteiger partial charge in [-0.2, -0.15) is 0 Å². The van der Waals surface area contributed by atoms with Crippen LogP contribution in [0.25, 0.3) is 5.70 Å². The topological polar surface area (TPSA) is 35.2 Å². The molecule has 0 spiro atoms. The third kappa shape index (κ3) is 1.59. The van der Waals surface area contributed by atoms with Crippen molar-refractivity contribution in [2.45, 2.75) is 6.92 Å². The molecule has 64 valence electrons. The van der Waals surface area contributed by atoms with Crippen LogP contribution < -0.4 is 10.5 Å². The van der Waals surface area contributed by atoms with E-state index in [4.69, 9.17) is 10.5 Å². The Morgan fingerprint density at radius 2 is 2.08 bits per heavy atom. The molecular formula is C10H13NO. The first-order valence-corrected chi connectivity index (χ1v) is 3.84. The highest BCUT2D eigenvalue weighted by molar-refractivity contribution is 5.67. The molecule has 0 fully saturated rings. The predicted molar refractivity (Wildman–Crippen MR) is 50.8 cm³/mol. The van der Waals surface area contributed by atoms with Gasteiger partial charge in [0.05, 0.1) is 7.11 Å². The van der Waals surface area contributed by atoms with Crippen molar-refractivity contribution in [3.8, 4) is 5.75 Å². The zero-order valence-electron chi connectivity index (χ0n) is 7.37. The number of hydrogen-bond donors (Lipinski definition) is 1. The van der Waals surface area contributed by atoms with Gasteiger partial charge in [-0.1, -0.05) is 18.2 Å². The molecule has 0 saturated carbocycles. The first-order chi connectivity index (χ1) is 5.79. The van der Waals surface area contributed by atoms with Gasteiger partial charge in [-0.25, -0.2) is 0 Å². The van der Waals surface area contributed by atoms with Gasteiger partial charge in [-0.3, -0.25) is 0 Å². The zero-order valence-corrected chi connectivity index (χ0v) is 7.37. The molecule has 12 heavy (non-hydrogen) atoms. The van der Waals surface area contributed by atoms with Gasteiger partial charge in [0.1, 0.15) is 5.75 Å². The number of ether oxygens (including phenoxy) is 1. The molecule has 0 aliphatic carbocycles. The molecule has 2 N–H and O–H groups in total. The van der Waals surface area contributed by atoms with E-state index in [2.05, 4.69) is 0 Å². The zero-order chi connectivity index (χ0) is 8.97. The molecule has 1 aromatic rings. The van der Waals surface area contributed by atoms with Crippen molar-refractivity contribution in [3.05, 3.63) is 35.9 Å². The second-order valence-corrected chi connectivity index (χ2v) is 2.44. The number of rotatable bonds is 2. The fourth-order valence-corrected chi connectivity index (χ4v) is 1.04. The summed E-state index contributed by atoms with van der Waals surface area (Å²) in [5, 5.41) is 0. The Kier molecular flexibility index (Phi) is 2.75. The van der Waals surface area contributed by atoms with Crippen LogP contribution in [0, 0.1) is 0 Å². The number of nitrogens with two attached hydrogens (primary N) is 1. The fraction of sp³-hybridized carbons (Fsp3) is 0.200. The predicted octanol–water partition coefficient (Wildman–Crippen LogP) is 2.01. The summed E-state index contributed by atoms with van der Waals surface area (Å²) in [4.78, 5) is 0. The fourth-order valence-electron chi connectivity index (χ4n) is 1.04. The molecule has 0 saturated heterocycles. The van der Waals surface area contributed by atoms with Crippen molar-refractivity contribution in [1.29, 1.82) is 0 Å². The molecule has 1 rings (SSSR count). The molecule has 0 heterocycles. The average Bonchev–Trinajstić information content (AvgIpc) is 2.16. The van der Waals surface area contributed by atoms with Crippen molar-refractivity contribution in [1.82, 2.24) is 0 Å². The van der Waals surface area contributed by atoms with Gasteiger partial charge in [0.25, 0.3) is 0 Å². The number of para-hydroxylation sites is 1. The van der Waals surface area contributed by atoms with Crippen LogP contribution in [-0.4, -0.2) is 7.11 Å². The van der Waals surface area contributed by atoms with Crippen LogP contribution in [0.3, 0.4) is 0 Å². The van der Waals surface area contributed by atoms with E-state index in [1.165, 1.54) is 0 Å². The maximum Gasteiger partial charge on any atom is 0.128 e. The summed E-state index contributed by atoms with van der Waals surface area (Å²) in [6.07, 6.45) is 1.86. The van der Waals surface area contributed by atoms with Crippen molar-refractivity contribution < 1.29 is 4.74 Å². The van der Waals surface area contributed by atoms with Gasteiger partial charge < -0.3 is 10.5 Å². The highest BCUT2D eigenvalue weighted by atomic mass is 16.5. The Bertz CT molecular complexity index is 292. The molecule has 2 heteroatoms. The summed E-state index contributed by atoms with van der Waals surface area (Å²) in [5.74, 6) is 0.813. The van der Waals surface area contributed by atoms with Crippen molar-refractivity contribution in [2.75, 3.05) is 7.11 Å². The van der Waals surface area contributed by atoms with Crippen molar-refractivity contribution >= 4 is 5.70 Å². The van der Waals surface area contributed by atoms with E-state index in [-0.39, 0.29) is 0 Å². The highest BCUT2D eigenvalue weighted by Gasteiger charge is 2.01. The molecular weight excluding hydrogens is 150 g/mol. The summed E-state index contributed by atoms with van der Waals surface area (Å²) in [5.41, 5.74) is 7.44. The monoisotopic (exact) mass is 163 g/mol. The van der Waals surface area contributed by atoms with Crippen LogP contribution in [0.2, 0.25) is 0 Å². The van der Waals surface area contributed by atoms with Crippen LogP contribution in [0.1, 0.15) is 12.5 Å². The Morgan fingerprint density at radius 1 is 1.42 bits per heavy atom. The van der Waals surface area contributed by atoms with E-state index in [0.717, 1.165) is 17.0 Å². The number of methoxy groups -OCH3 is 1. The van der Waals surface area contributed by atoms with Crippen LogP contribution in [-0.2, 0) is 0 Å². The molecule has 0 radical (unpaired) electrons. The first kappa shape index (κ1) is 8.65. The lowest BCUT2D eigenvalue weighted by Crippen LogP contribution is -1.98. The van der Waals surface area contributed by atoms with Crippen LogP contribution >= 0.6 is 0 Å². The second kappa shape index (κ2) is 3.81. The molecule has 0 aromatic heterocycles. The standard InChI is InChI=1S/C10H13NO/c1-3-9(11)8-6-4-5-7-10(8)12-2/h3-7H,11H2,1-2H3. The van der Waals surface area contributed by atoms with E-state index in [1.807, 2.05) is 37.3 Å². The lowest BCUT2D eigenvalue weighted by Gasteiger charge is -2.06. The highest BCUT2D eigenvalue weighted by Crippen LogP contribution is 2.21. The third-order valence-electron chi connectivity index (χ3n) is 1.73. The molecule has 0 bridgehead atoms. The van der Waals surface area contributed by atoms with Gasteiger partial charge in [0, 0.05) is 11.3 Å². The smallest absolute Gasteiger partial charge is 0.128 e. The Labute approximate surface area is 72.7 Å². The lowest BCUT2D eigenvalue weighted by molar-refractivity contribution is 0.413. The molecule has 0 aliphatic heterocycles. The lowest BCUT2D eigenvalue weighted by atomic mass is 10.1. The van der Waals surface area contributed by atoms with Crippen LogP contribution in [0.4, 0.5) is 0 Å². The number of allylic oxidation sites excluding steroid dienone is 1. The maximum absolute atomic E-state index is 5.75. The van der Waals surface area contributed by atoms with Gasteiger partial charge >= 0.3 is 0 Å². The Morgan fingerprint density at radius 3 is 2.67 bits per heavy atom. The van der Waals surface area contributed by atoms with Gasteiger partial charge in [0.15, 0.2) is 0 Å². The molecule has 0 amide bonds. The maximum atomic E-state index is 5.75. The summed E-state index contributed by atoms with van der Waals surface area (Å²) in [7, 11) is 1.64. The molecule has 2 nitrogen and oxygen atoms in total. The third-order valence-corrected chi connectivity index (χ3v) is 1.73. The minimum absolute atomic E-state index is 0.743. The van der Waals surface area contributed by atoms with Gasteiger partial charge in [-0.05, 0) is 19.1 Å². The Balaban J connectivity index is 3.13. The number of hydrogen-bond acceptors (Lipinski definition) is 2. The normalized spacial score (nSPS) is 11.3. The van der Waals surface area contributed by atoms with Gasteiger partial charge in [-0.15, -0.1) is 0 Å². The van der Waals surface area contributed by atoms with Crippen molar-refractivity contribution in [2.24, 2.45) is 5.73 Å². The SMILES string of the molecule is CC=C(N)c1ccccc1OC. The van der Waals surface area contributed by atoms with Crippen molar-refractivity contribution in [3.63, 3.8) is 0 Å². The van der Waals surface area contributed by atoms with Crippen LogP contribution in [0.15, 0.2) is 30.3 Å². The Hall–Kier alpha value is -1.44. The second-order valence-electron chi connectivity index (χ2n) is 2.44. The number of benzene rings is 1. The molecule has 0 aliphatic rings. The van der Waals surface area contributed by atoms with Gasteiger partial charge in [0.2, 0.25) is 0 Å². The molecule has 0 unspecified atom stereocenters. The minimum Gasteiger partial charge on any atom is -0.496 e.